The summed E-state index contributed by atoms with van der Waals surface area (Å²) in [6, 6.07) is 17.1. The molecule has 0 radical (unpaired) electrons. The van der Waals surface area contributed by atoms with Crippen molar-refractivity contribution in [1.82, 2.24) is 19.6 Å². The summed E-state index contributed by atoms with van der Waals surface area (Å²) >= 11 is 6.10. The van der Waals surface area contributed by atoms with Crippen LogP contribution < -0.4 is 10.1 Å². The third-order valence-electron chi connectivity index (χ3n) is 5.10. The number of aryl methyl sites for hydroxylation is 2. The molecule has 0 bridgehead atoms. The van der Waals surface area contributed by atoms with E-state index in [1.807, 2.05) is 36.7 Å². The molecule has 32 heavy (non-hydrogen) atoms. The molecule has 8 heteroatoms. The quantitative estimate of drug-likeness (QED) is 0.431. The molecule has 0 aliphatic rings. The number of halogens is 1. The number of hydrogen-bond acceptors (Lipinski definition) is 4. The minimum atomic E-state index is -0.303. The first-order chi connectivity index (χ1) is 15.4. The Morgan fingerprint density at radius 3 is 2.66 bits per heavy atom. The summed E-state index contributed by atoms with van der Waals surface area (Å²) in [5, 5.41) is 12.4. The molecule has 0 aliphatic heterocycles. The highest BCUT2D eigenvalue weighted by atomic mass is 35.5. The van der Waals surface area contributed by atoms with E-state index in [0.717, 1.165) is 17.0 Å². The molecular formula is C24H24ClN5O2. The Labute approximate surface area is 191 Å². The van der Waals surface area contributed by atoms with Crippen LogP contribution in [0.3, 0.4) is 0 Å². The molecule has 1 amide bonds. The molecular weight excluding hydrogens is 426 g/mol. The van der Waals surface area contributed by atoms with E-state index in [1.54, 1.807) is 29.1 Å². The summed E-state index contributed by atoms with van der Waals surface area (Å²) in [4.78, 5) is 12.8. The topological polar surface area (TPSA) is 74.0 Å². The van der Waals surface area contributed by atoms with Gasteiger partial charge in [-0.3, -0.25) is 9.48 Å². The molecule has 0 fully saturated rings. The zero-order valence-electron chi connectivity index (χ0n) is 18.2. The lowest BCUT2D eigenvalue weighted by molar-refractivity contribution is 0.102. The van der Waals surface area contributed by atoms with Gasteiger partial charge in [0.1, 0.15) is 5.75 Å². The van der Waals surface area contributed by atoms with Gasteiger partial charge in [-0.2, -0.15) is 10.2 Å². The Balaban J connectivity index is 1.43. The fourth-order valence-corrected chi connectivity index (χ4v) is 3.64. The number of anilines is 1. The largest absolute Gasteiger partial charge is 0.470 e. The molecule has 0 unspecified atom stereocenters. The van der Waals surface area contributed by atoms with Crippen LogP contribution in [0.2, 0.25) is 5.02 Å². The minimum absolute atomic E-state index is 0.142. The maximum Gasteiger partial charge on any atom is 0.276 e. The second kappa shape index (κ2) is 9.28. The van der Waals surface area contributed by atoms with Crippen LogP contribution >= 0.6 is 11.6 Å². The number of nitrogens with one attached hydrogen (secondary N) is 1. The summed E-state index contributed by atoms with van der Waals surface area (Å²) in [6.45, 7) is 6.67. The molecule has 2 aromatic heterocycles. The number of nitrogens with zero attached hydrogens (tertiary/aromatic N) is 4. The Morgan fingerprint density at radius 2 is 1.88 bits per heavy atom. The third kappa shape index (κ3) is 4.84. The van der Waals surface area contributed by atoms with E-state index in [9.17, 15) is 4.79 Å². The summed E-state index contributed by atoms with van der Waals surface area (Å²) < 4.78 is 9.10. The monoisotopic (exact) mass is 449 g/mol. The minimum Gasteiger partial charge on any atom is -0.470 e. The summed E-state index contributed by atoms with van der Waals surface area (Å²) in [7, 11) is 0. The van der Waals surface area contributed by atoms with Crippen LogP contribution in [0.5, 0.6) is 5.75 Å². The molecule has 2 aromatic carbocycles. The van der Waals surface area contributed by atoms with Crippen LogP contribution in [0.15, 0.2) is 60.8 Å². The Hall–Kier alpha value is -3.58. The van der Waals surface area contributed by atoms with E-state index in [0.29, 0.717) is 23.0 Å². The van der Waals surface area contributed by atoms with Crippen LogP contribution in [0.25, 0.3) is 0 Å². The van der Waals surface area contributed by atoms with Gasteiger partial charge in [0.2, 0.25) is 0 Å². The second-order valence-electron chi connectivity index (χ2n) is 7.59. The average Bonchev–Trinajstić information content (AvgIpc) is 3.34. The van der Waals surface area contributed by atoms with Gasteiger partial charge in [0, 0.05) is 6.20 Å². The molecule has 2 heterocycles. The van der Waals surface area contributed by atoms with Crippen LogP contribution in [-0.4, -0.2) is 25.5 Å². The maximum absolute atomic E-state index is 12.8. The SMILES string of the molecule is Cc1cccc(Cn2nc(C)c(NC(=O)c3ccn(COc4ccccc4Cl)n3)c2C)c1. The Bertz CT molecular complexity index is 1260. The number of rotatable bonds is 7. The summed E-state index contributed by atoms with van der Waals surface area (Å²) in [5.41, 5.74) is 4.99. The van der Waals surface area contributed by atoms with Crippen molar-refractivity contribution in [2.75, 3.05) is 5.32 Å². The van der Waals surface area contributed by atoms with Crippen molar-refractivity contribution in [3.8, 4) is 5.75 Å². The van der Waals surface area contributed by atoms with Crippen molar-refractivity contribution >= 4 is 23.2 Å². The lowest BCUT2D eigenvalue weighted by Crippen LogP contribution is -2.15. The highest BCUT2D eigenvalue weighted by molar-refractivity contribution is 6.32. The number of para-hydroxylation sites is 1. The smallest absolute Gasteiger partial charge is 0.276 e. The average molecular weight is 450 g/mol. The van der Waals surface area contributed by atoms with E-state index in [-0.39, 0.29) is 18.3 Å². The molecule has 0 atom stereocenters. The molecule has 164 valence electrons. The van der Waals surface area contributed by atoms with E-state index in [4.69, 9.17) is 16.3 Å². The van der Waals surface area contributed by atoms with E-state index in [1.165, 1.54) is 5.56 Å². The summed E-state index contributed by atoms with van der Waals surface area (Å²) in [5.74, 6) is 0.255. The fraction of sp³-hybridized carbons (Fsp3) is 0.208. The number of ether oxygens (including phenoxy) is 1. The van der Waals surface area contributed by atoms with Crippen molar-refractivity contribution in [3.05, 3.63) is 94.0 Å². The standard InChI is InChI=1S/C24H24ClN5O2/c1-16-7-6-8-19(13-16)14-30-18(3)23(17(2)27-30)26-24(31)21-11-12-29(28-21)15-32-22-10-5-4-9-20(22)25/h4-13H,14-15H2,1-3H3,(H,26,31). The lowest BCUT2D eigenvalue weighted by atomic mass is 10.1. The molecule has 0 saturated carbocycles. The summed E-state index contributed by atoms with van der Waals surface area (Å²) in [6.07, 6.45) is 1.69. The molecule has 0 saturated heterocycles. The zero-order chi connectivity index (χ0) is 22.7. The number of hydrogen-bond donors (Lipinski definition) is 1. The molecule has 0 spiro atoms. The zero-order valence-corrected chi connectivity index (χ0v) is 18.9. The first-order valence-corrected chi connectivity index (χ1v) is 10.6. The number of carbonyl (C=O) groups is 1. The highest BCUT2D eigenvalue weighted by Crippen LogP contribution is 2.24. The normalized spacial score (nSPS) is 10.9. The molecule has 4 aromatic rings. The van der Waals surface area contributed by atoms with Gasteiger partial charge in [-0.1, -0.05) is 53.6 Å². The maximum atomic E-state index is 12.8. The van der Waals surface area contributed by atoms with Gasteiger partial charge >= 0.3 is 0 Å². The molecule has 0 aliphatic carbocycles. The fourth-order valence-electron chi connectivity index (χ4n) is 3.44. The highest BCUT2D eigenvalue weighted by Gasteiger charge is 2.17. The number of amides is 1. The van der Waals surface area contributed by atoms with Crippen molar-refractivity contribution in [2.45, 2.75) is 34.0 Å². The van der Waals surface area contributed by atoms with Gasteiger partial charge in [-0.25, -0.2) is 4.68 Å². The first kappa shape index (κ1) is 21.6. The Morgan fingerprint density at radius 1 is 1.06 bits per heavy atom. The van der Waals surface area contributed by atoms with Gasteiger partial charge in [0.15, 0.2) is 12.4 Å². The van der Waals surface area contributed by atoms with Crippen molar-refractivity contribution in [1.29, 1.82) is 0 Å². The third-order valence-corrected chi connectivity index (χ3v) is 5.41. The number of carbonyl (C=O) groups excluding carboxylic acids is 1. The molecule has 4 rings (SSSR count). The van der Waals surface area contributed by atoms with E-state index < -0.39 is 0 Å². The van der Waals surface area contributed by atoms with Crippen LogP contribution in [0, 0.1) is 20.8 Å². The van der Waals surface area contributed by atoms with Gasteiger partial charge in [0.25, 0.3) is 5.91 Å². The van der Waals surface area contributed by atoms with Crippen LogP contribution in [0.1, 0.15) is 33.0 Å². The van der Waals surface area contributed by atoms with E-state index in [2.05, 4.69) is 40.6 Å². The second-order valence-corrected chi connectivity index (χ2v) is 8.00. The van der Waals surface area contributed by atoms with Crippen molar-refractivity contribution in [3.63, 3.8) is 0 Å². The molecule has 7 nitrogen and oxygen atoms in total. The predicted molar refractivity (Wildman–Crippen MR) is 124 cm³/mol. The number of benzene rings is 2. The van der Waals surface area contributed by atoms with Gasteiger partial charge < -0.3 is 10.1 Å². The van der Waals surface area contributed by atoms with Crippen molar-refractivity contribution in [2.24, 2.45) is 0 Å². The van der Waals surface area contributed by atoms with Crippen LogP contribution in [0.4, 0.5) is 5.69 Å². The predicted octanol–water partition coefficient (Wildman–Crippen LogP) is 5.00. The van der Waals surface area contributed by atoms with Crippen molar-refractivity contribution < 1.29 is 9.53 Å². The van der Waals surface area contributed by atoms with Gasteiger partial charge in [-0.05, 0) is 44.5 Å². The van der Waals surface area contributed by atoms with Crippen LogP contribution in [-0.2, 0) is 13.3 Å². The van der Waals surface area contributed by atoms with E-state index >= 15 is 0 Å². The lowest BCUT2D eigenvalue weighted by Gasteiger charge is -2.08. The first-order valence-electron chi connectivity index (χ1n) is 10.2. The Kier molecular flexibility index (Phi) is 6.28. The van der Waals surface area contributed by atoms with Gasteiger partial charge in [0.05, 0.1) is 28.6 Å². The van der Waals surface area contributed by atoms with Gasteiger partial charge in [-0.15, -0.1) is 0 Å². The molecule has 1 N–H and O–H groups in total. The number of aromatic nitrogens is 4.